The van der Waals surface area contributed by atoms with Gasteiger partial charge in [0.15, 0.2) is 5.82 Å². The first-order valence-electron chi connectivity index (χ1n) is 5.76. The van der Waals surface area contributed by atoms with Crippen LogP contribution in [0, 0.1) is 5.82 Å². The molecule has 2 N–H and O–H groups in total. The SMILES string of the molecule is CCCn1c(-c2cccc(F)c2Cl)nnc1S(N)(=O)=O. The third-order valence-corrected chi connectivity index (χ3v) is 3.81. The molecule has 2 rings (SSSR count). The van der Waals surface area contributed by atoms with Gasteiger partial charge in [-0.1, -0.05) is 24.6 Å². The smallest absolute Gasteiger partial charge is 0.273 e. The van der Waals surface area contributed by atoms with E-state index in [1.54, 1.807) is 0 Å². The molecule has 2 aromatic rings. The Labute approximate surface area is 120 Å². The van der Waals surface area contributed by atoms with E-state index in [2.05, 4.69) is 10.2 Å². The Morgan fingerprint density at radius 3 is 2.70 bits per heavy atom. The number of nitrogens with zero attached hydrogens (tertiary/aromatic N) is 3. The largest absolute Gasteiger partial charge is 0.297 e. The van der Waals surface area contributed by atoms with E-state index in [-0.39, 0.29) is 21.6 Å². The molecular weight excluding hydrogens is 307 g/mol. The second-order valence-electron chi connectivity index (χ2n) is 4.10. The lowest BCUT2D eigenvalue weighted by molar-refractivity contribution is 0.559. The summed E-state index contributed by atoms with van der Waals surface area (Å²) in [6.07, 6.45) is 0.625. The maximum Gasteiger partial charge on any atom is 0.273 e. The third-order valence-electron chi connectivity index (χ3n) is 2.61. The molecule has 0 aliphatic heterocycles. The number of rotatable bonds is 4. The minimum atomic E-state index is -4.01. The van der Waals surface area contributed by atoms with Gasteiger partial charge in [-0.05, 0) is 18.6 Å². The fraction of sp³-hybridized carbons (Fsp3) is 0.273. The average Bonchev–Trinajstić information content (AvgIpc) is 2.77. The topological polar surface area (TPSA) is 90.9 Å². The highest BCUT2D eigenvalue weighted by molar-refractivity contribution is 7.89. The Bertz CT molecular complexity index is 745. The summed E-state index contributed by atoms with van der Waals surface area (Å²) in [7, 11) is -4.01. The number of nitrogens with two attached hydrogens (primary N) is 1. The Kier molecular flexibility index (Phi) is 4.07. The zero-order valence-electron chi connectivity index (χ0n) is 10.5. The summed E-state index contributed by atoms with van der Waals surface area (Å²) in [6, 6.07) is 4.19. The third kappa shape index (κ3) is 2.67. The first kappa shape index (κ1) is 14.9. The van der Waals surface area contributed by atoms with Gasteiger partial charge in [0.1, 0.15) is 5.82 Å². The molecule has 0 saturated heterocycles. The van der Waals surface area contributed by atoms with Crippen molar-refractivity contribution in [1.29, 1.82) is 0 Å². The van der Waals surface area contributed by atoms with Crippen molar-refractivity contribution in [2.45, 2.75) is 25.0 Å². The van der Waals surface area contributed by atoms with E-state index in [9.17, 15) is 12.8 Å². The number of sulfonamides is 1. The van der Waals surface area contributed by atoms with E-state index in [0.29, 0.717) is 13.0 Å². The van der Waals surface area contributed by atoms with E-state index < -0.39 is 15.8 Å². The van der Waals surface area contributed by atoms with Gasteiger partial charge in [0.2, 0.25) is 0 Å². The molecule has 6 nitrogen and oxygen atoms in total. The van der Waals surface area contributed by atoms with Crippen LogP contribution in [-0.2, 0) is 16.6 Å². The van der Waals surface area contributed by atoms with E-state index in [1.165, 1.54) is 22.8 Å². The van der Waals surface area contributed by atoms with Crippen LogP contribution in [0.15, 0.2) is 23.4 Å². The molecule has 0 saturated carbocycles. The summed E-state index contributed by atoms with van der Waals surface area (Å²) < 4.78 is 37.8. The van der Waals surface area contributed by atoms with Crippen LogP contribution in [0.2, 0.25) is 5.02 Å². The summed E-state index contributed by atoms with van der Waals surface area (Å²) in [5.41, 5.74) is 0.266. The van der Waals surface area contributed by atoms with Crippen LogP contribution in [0.4, 0.5) is 4.39 Å². The van der Waals surface area contributed by atoms with Crippen LogP contribution in [0.25, 0.3) is 11.4 Å². The molecule has 108 valence electrons. The van der Waals surface area contributed by atoms with Gasteiger partial charge in [-0.3, -0.25) is 4.57 Å². The molecule has 0 aliphatic carbocycles. The molecule has 1 aromatic carbocycles. The van der Waals surface area contributed by atoms with E-state index in [1.807, 2.05) is 6.92 Å². The molecule has 1 aromatic heterocycles. The van der Waals surface area contributed by atoms with Gasteiger partial charge in [-0.15, -0.1) is 10.2 Å². The lowest BCUT2D eigenvalue weighted by Gasteiger charge is -2.09. The first-order valence-corrected chi connectivity index (χ1v) is 7.69. The Balaban J connectivity index is 2.69. The highest BCUT2D eigenvalue weighted by Crippen LogP contribution is 2.29. The van der Waals surface area contributed by atoms with Crippen molar-refractivity contribution in [3.05, 3.63) is 29.0 Å². The fourth-order valence-corrected chi connectivity index (χ4v) is 2.65. The lowest BCUT2D eigenvalue weighted by Crippen LogP contribution is -2.19. The number of hydrogen-bond donors (Lipinski definition) is 1. The molecule has 0 atom stereocenters. The van der Waals surface area contributed by atoms with Gasteiger partial charge >= 0.3 is 0 Å². The second-order valence-corrected chi connectivity index (χ2v) is 5.94. The Hall–Kier alpha value is -1.51. The Morgan fingerprint density at radius 2 is 2.10 bits per heavy atom. The fourth-order valence-electron chi connectivity index (χ4n) is 1.80. The molecule has 0 spiro atoms. The van der Waals surface area contributed by atoms with Crippen LogP contribution >= 0.6 is 11.6 Å². The van der Waals surface area contributed by atoms with Gasteiger partial charge in [0.05, 0.1) is 5.02 Å². The first-order chi connectivity index (χ1) is 9.36. The minimum absolute atomic E-state index is 0.141. The van der Waals surface area contributed by atoms with Crippen molar-refractivity contribution in [3.63, 3.8) is 0 Å². The maximum atomic E-state index is 13.5. The van der Waals surface area contributed by atoms with Crippen LogP contribution in [0.1, 0.15) is 13.3 Å². The van der Waals surface area contributed by atoms with E-state index >= 15 is 0 Å². The lowest BCUT2D eigenvalue weighted by atomic mass is 10.2. The molecule has 0 aliphatic rings. The van der Waals surface area contributed by atoms with Crippen LogP contribution in [0.5, 0.6) is 0 Å². The molecule has 20 heavy (non-hydrogen) atoms. The Morgan fingerprint density at radius 1 is 1.40 bits per heavy atom. The predicted molar refractivity (Wildman–Crippen MR) is 72.1 cm³/mol. The molecule has 9 heteroatoms. The van der Waals surface area contributed by atoms with Crippen molar-refractivity contribution in [2.75, 3.05) is 0 Å². The van der Waals surface area contributed by atoms with Crippen LogP contribution in [-0.4, -0.2) is 23.2 Å². The van der Waals surface area contributed by atoms with Gasteiger partial charge in [-0.25, -0.2) is 17.9 Å². The second kappa shape index (κ2) is 5.47. The molecule has 1 heterocycles. The molecule has 0 fully saturated rings. The summed E-state index contributed by atoms with van der Waals surface area (Å²) in [5, 5.41) is 11.9. The minimum Gasteiger partial charge on any atom is -0.297 e. The van der Waals surface area contributed by atoms with E-state index in [0.717, 1.165) is 0 Å². The molecule has 0 unspecified atom stereocenters. The summed E-state index contributed by atoms with van der Waals surface area (Å²) in [5.74, 6) is -0.451. The summed E-state index contributed by atoms with van der Waals surface area (Å²) in [6.45, 7) is 2.17. The number of hydrogen-bond acceptors (Lipinski definition) is 4. The maximum absolute atomic E-state index is 13.5. The number of aromatic nitrogens is 3. The number of primary sulfonamides is 1. The van der Waals surface area contributed by atoms with Crippen molar-refractivity contribution in [1.82, 2.24) is 14.8 Å². The van der Waals surface area contributed by atoms with Crippen molar-refractivity contribution < 1.29 is 12.8 Å². The highest BCUT2D eigenvalue weighted by Gasteiger charge is 2.23. The quantitative estimate of drug-likeness (QED) is 0.930. The van der Waals surface area contributed by atoms with Gasteiger partial charge in [0.25, 0.3) is 15.2 Å². The van der Waals surface area contributed by atoms with Gasteiger partial charge < -0.3 is 0 Å². The zero-order chi connectivity index (χ0) is 14.9. The zero-order valence-corrected chi connectivity index (χ0v) is 12.1. The molecular formula is C11H12ClFN4O2S. The summed E-state index contributed by atoms with van der Waals surface area (Å²) >= 11 is 5.89. The number of halogens is 2. The normalized spacial score (nSPS) is 11.8. The molecule has 0 bridgehead atoms. The van der Waals surface area contributed by atoms with Gasteiger partial charge in [-0.2, -0.15) is 0 Å². The highest BCUT2D eigenvalue weighted by atomic mass is 35.5. The van der Waals surface area contributed by atoms with E-state index in [4.69, 9.17) is 16.7 Å². The number of benzene rings is 1. The monoisotopic (exact) mass is 318 g/mol. The summed E-state index contributed by atoms with van der Waals surface area (Å²) in [4.78, 5) is 0. The molecule has 0 amide bonds. The van der Waals surface area contributed by atoms with Gasteiger partial charge in [0, 0.05) is 12.1 Å². The van der Waals surface area contributed by atoms with Crippen molar-refractivity contribution >= 4 is 21.6 Å². The van der Waals surface area contributed by atoms with Crippen LogP contribution < -0.4 is 5.14 Å². The van der Waals surface area contributed by atoms with Crippen molar-refractivity contribution in [2.24, 2.45) is 5.14 Å². The van der Waals surface area contributed by atoms with Crippen LogP contribution in [0.3, 0.4) is 0 Å². The predicted octanol–water partition coefficient (Wildman–Crippen LogP) is 1.79. The molecule has 0 radical (unpaired) electrons. The van der Waals surface area contributed by atoms with Crippen molar-refractivity contribution in [3.8, 4) is 11.4 Å². The standard InChI is InChI=1S/C11H12ClFN4O2S/c1-2-6-17-10(15-16-11(17)20(14,18)19)7-4-3-5-8(13)9(7)12/h3-5H,2,6H2,1H3,(H2,14,18,19). The average molecular weight is 319 g/mol.